The average molecular weight is 222 g/mol. The molecule has 1 fully saturated rings. The van der Waals surface area contributed by atoms with Gasteiger partial charge in [-0.05, 0) is 24.8 Å². The maximum atomic E-state index is 5.63. The van der Waals surface area contributed by atoms with E-state index in [2.05, 4.69) is 23.8 Å². The van der Waals surface area contributed by atoms with Gasteiger partial charge in [-0.2, -0.15) is 5.10 Å². The van der Waals surface area contributed by atoms with Crippen LogP contribution in [-0.2, 0) is 6.54 Å². The van der Waals surface area contributed by atoms with Crippen LogP contribution in [0.25, 0.3) is 0 Å². The van der Waals surface area contributed by atoms with E-state index in [-0.39, 0.29) is 0 Å². The zero-order chi connectivity index (χ0) is 11.5. The molecular formula is C12H22N4. The summed E-state index contributed by atoms with van der Waals surface area (Å²) in [5.74, 6) is 1.69. The summed E-state index contributed by atoms with van der Waals surface area (Å²) < 4.78 is 1.93. The fraction of sp³-hybridized carbons (Fsp3) is 0.750. The Kier molecular flexibility index (Phi) is 3.49. The standard InChI is InChI=1S/C12H22N4/c1-10-3-4-15(8-11(10)2)5-6-16-9-12(13)7-14-16/h7,9-11H,3-6,8,13H2,1-2H3. The summed E-state index contributed by atoms with van der Waals surface area (Å²) in [6, 6.07) is 0. The van der Waals surface area contributed by atoms with Crippen molar-refractivity contribution in [3.05, 3.63) is 12.4 Å². The van der Waals surface area contributed by atoms with Crippen LogP contribution >= 0.6 is 0 Å². The zero-order valence-electron chi connectivity index (χ0n) is 10.3. The van der Waals surface area contributed by atoms with E-state index in [4.69, 9.17) is 5.73 Å². The third-order valence-electron chi connectivity index (χ3n) is 3.72. The SMILES string of the molecule is CC1CCN(CCn2cc(N)cn2)CC1C. The maximum absolute atomic E-state index is 5.63. The zero-order valence-corrected chi connectivity index (χ0v) is 10.3. The molecule has 0 bridgehead atoms. The molecule has 1 aromatic rings. The van der Waals surface area contributed by atoms with Gasteiger partial charge in [0.05, 0.1) is 18.4 Å². The fourth-order valence-electron chi connectivity index (χ4n) is 2.30. The number of hydrogen-bond donors (Lipinski definition) is 1. The Hall–Kier alpha value is -1.03. The van der Waals surface area contributed by atoms with Crippen LogP contribution in [0.5, 0.6) is 0 Å². The molecule has 0 amide bonds. The summed E-state index contributed by atoms with van der Waals surface area (Å²) in [6.45, 7) is 9.18. The van der Waals surface area contributed by atoms with Crippen LogP contribution < -0.4 is 5.73 Å². The Morgan fingerprint density at radius 3 is 2.81 bits per heavy atom. The van der Waals surface area contributed by atoms with Crippen molar-refractivity contribution in [2.45, 2.75) is 26.8 Å². The quantitative estimate of drug-likeness (QED) is 0.842. The Bertz CT molecular complexity index is 334. The van der Waals surface area contributed by atoms with Crippen molar-refractivity contribution < 1.29 is 0 Å². The predicted molar refractivity (Wildman–Crippen MR) is 66.0 cm³/mol. The van der Waals surface area contributed by atoms with Crippen molar-refractivity contribution in [1.82, 2.24) is 14.7 Å². The third-order valence-corrected chi connectivity index (χ3v) is 3.72. The number of anilines is 1. The van der Waals surface area contributed by atoms with Crippen molar-refractivity contribution in [2.75, 3.05) is 25.4 Å². The molecule has 2 N–H and O–H groups in total. The lowest BCUT2D eigenvalue weighted by Crippen LogP contribution is -2.40. The molecule has 1 aliphatic heterocycles. The smallest absolute Gasteiger partial charge is 0.0719 e. The summed E-state index contributed by atoms with van der Waals surface area (Å²) in [7, 11) is 0. The van der Waals surface area contributed by atoms with Gasteiger partial charge in [0, 0.05) is 19.3 Å². The van der Waals surface area contributed by atoms with Gasteiger partial charge >= 0.3 is 0 Å². The summed E-state index contributed by atoms with van der Waals surface area (Å²) in [5, 5.41) is 4.20. The number of rotatable bonds is 3. The van der Waals surface area contributed by atoms with E-state index in [0.717, 1.165) is 30.6 Å². The number of piperidine rings is 1. The molecule has 0 radical (unpaired) electrons. The van der Waals surface area contributed by atoms with Gasteiger partial charge in [0.15, 0.2) is 0 Å². The molecule has 90 valence electrons. The molecule has 2 atom stereocenters. The lowest BCUT2D eigenvalue weighted by atomic mass is 9.89. The van der Waals surface area contributed by atoms with Crippen LogP contribution in [0.3, 0.4) is 0 Å². The first-order chi connectivity index (χ1) is 7.65. The third kappa shape index (κ3) is 2.76. The summed E-state index contributed by atoms with van der Waals surface area (Å²) in [4.78, 5) is 2.53. The number of nitrogens with two attached hydrogens (primary N) is 1. The predicted octanol–water partition coefficient (Wildman–Crippen LogP) is 1.44. The van der Waals surface area contributed by atoms with Crippen LogP contribution in [0, 0.1) is 11.8 Å². The van der Waals surface area contributed by atoms with Crippen molar-refractivity contribution in [3.63, 3.8) is 0 Å². The molecule has 4 heteroatoms. The highest BCUT2D eigenvalue weighted by molar-refractivity contribution is 5.30. The molecule has 1 aromatic heterocycles. The van der Waals surface area contributed by atoms with Crippen LogP contribution in [0.2, 0.25) is 0 Å². The maximum Gasteiger partial charge on any atom is 0.0719 e. The van der Waals surface area contributed by atoms with Crippen LogP contribution in [0.15, 0.2) is 12.4 Å². The minimum atomic E-state index is 0.751. The van der Waals surface area contributed by atoms with Crippen molar-refractivity contribution in [3.8, 4) is 0 Å². The molecule has 0 aromatic carbocycles. The number of likely N-dealkylation sites (tertiary alicyclic amines) is 1. The molecule has 16 heavy (non-hydrogen) atoms. The largest absolute Gasteiger partial charge is 0.396 e. The van der Waals surface area contributed by atoms with E-state index in [1.807, 2.05) is 10.9 Å². The van der Waals surface area contributed by atoms with Crippen LogP contribution in [0.1, 0.15) is 20.3 Å². The first-order valence-corrected chi connectivity index (χ1v) is 6.15. The van der Waals surface area contributed by atoms with Gasteiger partial charge < -0.3 is 10.6 Å². The van der Waals surface area contributed by atoms with E-state index in [1.165, 1.54) is 19.5 Å². The summed E-state index contributed by atoms with van der Waals surface area (Å²) in [6.07, 6.45) is 4.93. The molecule has 2 unspecified atom stereocenters. The monoisotopic (exact) mass is 222 g/mol. The lowest BCUT2D eigenvalue weighted by molar-refractivity contribution is 0.133. The topological polar surface area (TPSA) is 47.1 Å². The molecule has 1 saturated heterocycles. The summed E-state index contributed by atoms with van der Waals surface area (Å²) in [5.41, 5.74) is 6.38. The minimum absolute atomic E-state index is 0.751. The average Bonchev–Trinajstić information content (AvgIpc) is 2.66. The van der Waals surface area contributed by atoms with Crippen molar-refractivity contribution >= 4 is 5.69 Å². The number of nitrogens with zero attached hydrogens (tertiary/aromatic N) is 3. The molecule has 2 heterocycles. The second-order valence-electron chi connectivity index (χ2n) is 5.08. The van der Waals surface area contributed by atoms with E-state index >= 15 is 0 Å². The lowest BCUT2D eigenvalue weighted by Gasteiger charge is -2.35. The van der Waals surface area contributed by atoms with E-state index in [9.17, 15) is 0 Å². The van der Waals surface area contributed by atoms with Crippen molar-refractivity contribution in [1.29, 1.82) is 0 Å². The van der Waals surface area contributed by atoms with Gasteiger partial charge in [-0.15, -0.1) is 0 Å². The van der Waals surface area contributed by atoms with Gasteiger partial charge in [0.2, 0.25) is 0 Å². The second-order valence-corrected chi connectivity index (χ2v) is 5.08. The molecular weight excluding hydrogens is 200 g/mol. The first-order valence-electron chi connectivity index (χ1n) is 6.15. The highest BCUT2D eigenvalue weighted by Gasteiger charge is 2.22. The van der Waals surface area contributed by atoms with E-state index < -0.39 is 0 Å². The van der Waals surface area contributed by atoms with E-state index in [1.54, 1.807) is 6.20 Å². The van der Waals surface area contributed by atoms with Gasteiger partial charge in [-0.1, -0.05) is 13.8 Å². The van der Waals surface area contributed by atoms with Gasteiger partial charge in [-0.25, -0.2) is 0 Å². The van der Waals surface area contributed by atoms with E-state index in [0.29, 0.717) is 0 Å². The highest BCUT2D eigenvalue weighted by Crippen LogP contribution is 2.22. The molecule has 0 aliphatic carbocycles. The van der Waals surface area contributed by atoms with Gasteiger partial charge in [0.1, 0.15) is 0 Å². The number of nitrogen functional groups attached to an aromatic ring is 1. The first kappa shape index (κ1) is 11.5. The summed E-state index contributed by atoms with van der Waals surface area (Å²) >= 11 is 0. The molecule has 2 rings (SSSR count). The minimum Gasteiger partial charge on any atom is -0.396 e. The molecule has 0 spiro atoms. The molecule has 0 saturated carbocycles. The molecule has 1 aliphatic rings. The Morgan fingerprint density at radius 1 is 1.38 bits per heavy atom. The van der Waals surface area contributed by atoms with Crippen LogP contribution in [-0.4, -0.2) is 34.3 Å². The van der Waals surface area contributed by atoms with Gasteiger partial charge in [0.25, 0.3) is 0 Å². The molecule has 4 nitrogen and oxygen atoms in total. The normalized spacial score (nSPS) is 27.1. The second kappa shape index (κ2) is 4.87. The number of aromatic nitrogens is 2. The van der Waals surface area contributed by atoms with Crippen molar-refractivity contribution in [2.24, 2.45) is 11.8 Å². The highest BCUT2D eigenvalue weighted by atomic mass is 15.3. The Balaban J connectivity index is 1.78. The van der Waals surface area contributed by atoms with Crippen LogP contribution in [0.4, 0.5) is 5.69 Å². The fourth-order valence-corrected chi connectivity index (χ4v) is 2.30. The number of hydrogen-bond acceptors (Lipinski definition) is 3. The van der Waals surface area contributed by atoms with Gasteiger partial charge in [-0.3, -0.25) is 4.68 Å². The Labute approximate surface area is 97.4 Å². The Morgan fingerprint density at radius 2 is 2.19 bits per heavy atom.